The van der Waals surface area contributed by atoms with E-state index >= 15 is 0 Å². The molecule has 0 N–H and O–H groups in total. The average Bonchev–Trinajstić information content (AvgIpc) is 2.46. The molecule has 0 spiro atoms. The number of hydrogen-bond donors (Lipinski definition) is 0. The highest BCUT2D eigenvalue weighted by atomic mass is 32.2. The van der Waals surface area contributed by atoms with Gasteiger partial charge in [0.05, 0.1) is 6.26 Å². The minimum Gasteiger partial charge on any atom is -0.347 e. The molecule has 2 heterocycles. The van der Waals surface area contributed by atoms with E-state index in [4.69, 9.17) is 0 Å². The van der Waals surface area contributed by atoms with E-state index in [-0.39, 0.29) is 5.92 Å². The van der Waals surface area contributed by atoms with Crippen LogP contribution < -0.4 is 9.80 Å². The molecule has 0 amide bonds. The van der Waals surface area contributed by atoms with Gasteiger partial charge in [-0.2, -0.15) is 19.3 Å². The van der Waals surface area contributed by atoms with Crippen molar-refractivity contribution < 1.29 is 8.42 Å². The van der Waals surface area contributed by atoms with Crippen molar-refractivity contribution in [3.05, 3.63) is 5.82 Å². The van der Waals surface area contributed by atoms with Crippen molar-refractivity contribution in [2.45, 2.75) is 19.8 Å². The van der Waals surface area contributed by atoms with E-state index in [0.29, 0.717) is 38.1 Å². The summed E-state index contributed by atoms with van der Waals surface area (Å²) in [5.74, 6) is 2.20. The van der Waals surface area contributed by atoms with Crippen molar-refractivity contribution in [2.24, 2.45) is 0 Å². The Morgan fingerprint density at radius 1 is 1.05 bits per heavy atom. The minimum atomic E-state index is -3.13. The molecule has 0 atom stereocenters. The molecule has 8 nitrogen and oxygen atoms in total. The highest BCUT2D eigenvalue weighted by molar-refractivity contribution is 7.88. The van der Waals surface area contributed by atoms with Gasteiger partial charge in [-0.3, -0.25) is 0 Å². The van der Waals surface area contributed by atoms with Crippen LogP contribution in [0.4, 0.5) is 11.9 Å². The predicted octanol–water partition coefficient (Wildman–Crippen LogP) is 0.143. The van der Waals surface area contributed by atoms with Crippen molar-refractivity contribution in [1.82, 2.24) is 19.3 Å². The van der Waals surface area contributed by atoms with Crippen LogP contribution in [0.15, 0.2) is 0 Å². The van der Waals surface area contributed by atoms with Crippen LogP contribution in [0.2, 0.25) is 0 Å². The molecule has 1 aliphatic rings. The van der Waals surface area contributed by atoms with Crippen LogP contribution in [-0.2, 0) is 10.0 Å². The second-order valence-electron chi connectivity index (χ2n) is 5.99. The first kappa shape index (κ1) is 16.9. The molecule has 9 heteroatoms. The fourth-order valence-electron chi connectivity index (χ4n) is 2.19. The van der Waals surface area contributed by atoms with Gasteiger partial charge in [0.1, 0.15) is 5.82 Å². The first-order valence-electron chi connectivity index (χ1n) is 7.32. The molecule has 1 fully saturated rings. The third kappa shape index (κ3) is 3.83. The summed E-state index contributed by atoms with van der Waals surface area (Å²) in [5.41, 5.74) is 0. The van der Waals surface area contributed by atoms with Crippen molar-refractivity contribution in [1.29, 1.82) is 0 Å². The van der Waals surface area contributed by atoms with Gasteiger partial charge >= 0.3 is 0 Å². The Morgan fingerprint density at radius 2 is 1.64 bits per heavy atom. The molecular formula is C13H24N6O2S. The van der Waals surface area contributed by atoms with Crippen molar-refractivity contribution >= 4 is 21.9 Å². The third-order valence-corrected chi connectivity index (χ3v) is 4.84. The van der Waals surface area contributed by atoms with Gasteiger partial charge < -0.3 is 9.80 Å². The number of piperazine rings is 1. The maximum atomic E-state index is 11.6. The lowest BCUT2D eigenvalue weighted by molar-refractivity contribution is 0.385. The first-order valence-corrected chi connectivity index (χ1v) is 9.16. The first-order chi connectivity index (χ1) is 10.2. The van der Waals surface area contributed by atoms with E-state index in [1.165, 1.54) is 10.6 Å². The maximum absolute atomic E-state index is 11.6. The molecule has 0 unspecified atom stereocenters. The molecular weight excluding hydrogens is 304 g/mol. The quantitative estimate of drug-likeness (QED) is 0.777. The van der Waals surface area contributed by atoms with Crippen LogP contribution in [0, 0.1) is 0 Å². The zero-order valence-electron chi connectivity index (χ0n) is 13.8. The predicted molar refractivity (Wildman–Crippen MR) is 86.9 cm³/mol. The van der Waals surface area contributed by atoms with E-state index in [1.807, 2.05) is 37.7 Å². The van der Waals surface area contributed by atoms with E-state index in [2.05, 4.69) is 15.0 Å². The summed E-state index contributed by atoms with van der Waals surface area (Å²) in [4.78, 5) is 17.3. The Morgan fingerprint density at radius 3 is 2.09 bits per heavy atom. The largest absolute Gasteiger partial charge is 0.347 e. The Labute approximate surface area is 132 Å². The van der Waals surface area contributed by atoms with Crippen LogP contribution >= 0.6 is 0 Å². The summed E-state index contributed by atoms with van der Waals surface area (Å²) in [5, 5.41) is 0. The molecule has 124 valence electrons. The van der Waals surface area contributed by atoms with Gasteiger partial charge in [0.2, 0.25) is 21.9 Å². The second-order valence-corrected chi connectivity index (χ2v) is 7.97. The zero-order valence-corrected chi connectivity index (χ0v) is 14.6. The fraction of sp³-hybridized carbons (Fsp3) is 0.769. The van der Waals surface area contributed by atoms with Crippen LogP contribution in [0.25, 0.3) is 0 Å². The number of sulfonamides is 1. The third-order valence-electron chi connectivity index (χ3n) is 3.54. The number of aromatic nitrogens is 3. The lowest BCUT2D eigenvalue weighted by Crippen LogP contribution is -2.49. The molecule has 0 aromatic carbocycles. The van der Waals surface area contributed by atoms with Crippen LogP contribution in [0.3, 0.4) is 0 Å². The van der Waals surface area contributed by atoms with Gasteiger partial charge in [0, 0.05) is 46.2 Å². The Bertz CT molecular complexity index is 597. The SMILES string of the molecule is CC(C)c1nc(N(C)C)nc(N2CCN(S(C)(=O)=O)CC2)n1. The van der Waals surface area contributed by atoms with Crippen molar-refractivity contribution in [3.8, 4) is 0 Å². The van der Waals surface area contributed by atoms with Crippen LogP contribution in [0.1, 0.15) is 25.6 Å². The van der Waals surface area contributed by atoms with E-state index < -0.39 is 10.0 Å². The lowest BCUT2D eigenvalue weighted by atomic mass is 10.2. The molecule has 1 saturated heterocycles. The molecule has 0 saturated carbocycles. The van der Waals surface area contributed by atoms with Gasteiger partial charge in [0.25, 0.3) is 0 Å². The Balaban J connectivity index is 2.22. The summed E-state index contributed by atoms with van der Waals surface area (Å²) >= 11 is 0. The van der Waals surface area contributed by atoms with Crippen LogP contribution in [0.5, 0.6) is 0 Å². The maximum Gasteiger partial charge on any atom is 0.230 e. The van der Waals surface area contributed by atoms with E-state index in [9.17, 15) is 8.42 Å². The highest BCUT2D eigenvalue weighted by Gasteiger charge is 2.25. The normalized spacial score (nSPS) is 17.1. The molecule has 0 bridgehead atoms. The Kier molecular flexibility index (Phi) is 4.86. The summed E-state index contributed by atoms with van der Waals surface area (Å²) in [6.45, 7) is 6.17. The lowest BCUT2D eigenvalue weighted by Gasteiger charge is -2.33. The number of rotatable bonds is 4. The van der Waals surface area contributed by atoms with Gasteiger partial charge in [0.15, 0.2) is 0 Å². The number of anilines is 2. The van der Waals surface area contributed by atoms with E-state index in [1.54, 1.807) is 0 Å². The fourth-order valence-corrected chi connectivity index (χ4v) is 3.02. The molecule has 2 rings (SSSR count). The zero-order chi connectivity index (χ0) is 16.5. The summed E-state index contributed by atoms with van der Waals surface area (Å²) in [6, 6.07) is 0. The van der Waals surface area contributed by atoms with Gasteiger partial charge in [-0.15, -0.1) is 0 Å². The molecule has 1 aromatic rings. The van der Waals surface area contributed by atoms with Gasteiger partial charge in [-0.05, 0) is 0 Å². The second kappa shape index (κ2) is 6.33. The molecule has 22 heavy (non-hydrogen) atoms. The molecule has 1 aliphatic heterocycles. The molecule has 0 aliphatic carbocycles. The van der Waals surface area contributed by atoms with Crippen LogP contribution in [-0.4, -0.2) is 74.2 Å². The molecule has 0 radical (unpaired) electrons. The smallest absolute Gasteiger partial charge is 0.230 e. The number of hydrogen-bond acceptors (Lipinski definition) is 7. The average molecular weight is 328 g/mol. The number of nitrogens with zero attached hydrogens (tertiary/aromatic N) is 6. The Hall–Kier alpha value is -1.48. The monoisotopic (exact) mass is 328 g/mol. The molecule has 1 aromatic heterocycles. The van der Waals surface area contributed by atoms with Crippen molar-refractivity contribution in [2.75, 3.05) is 56.3 Å². The van der Waals surface area contributed by atoms with Gasteiger partial charge in [-0.25, -0.2) is 8.42 Å². The highest BCUT2D eigenvalue weighted by Crippen LogP contribution is 2.19. The van der Waals surface area contributed by atoms with E-state index in [0.717, 1.165) is 5.82 Å². The van der Waals surface area contributed by atoms with Crippen molar-refractivity contribution in [3.63, 3.8) is 0 Å². The van der Waals surface area contributed by atoms with Gasteiger partial charge in [-0.1, -0.05) is 13.8 Å². The topological polar surface area (TPSA) is 82.5 Å². The minimum absolute atomic E-state index is 0.206. The summed E-state index contributed by atoms with van der Waals surface area (Å²) < 4.78 is 24.6. The summed E-state index contributed by atoms with van der Waals surface area (Å²) in [6.07, 6.45) is 1.24. The standard InChI is InChI=1S/C13H24N6O2S/c1-10(2)11-14-12(17(3)4)16-13(15-11)18-6-8-19(9-7-18)22(5,20)21/h10H,6-9H2,1-5H3. The summed E-state index contributed by atoms with van der Waals surface area (Å²) in [7, 11) is 0.658.